The highest BCUT2D eigenvalue weighted by Crippen LogP contribution is 2.31. The molecule has 0 aliphatic heterocycles. The molecule has 2 aromatic rings. The van der Waals surface area contributed by atoms with E-state index in [0.717, 1.165) is 11.4 Å². The Morgan fingerprint density at radius 3 is 1.90 bits per heavy atom. The number of benzene rings is 2. The van der Waals surface area contributed by atoms with Gasteiger partial charge in [-0.1, -0.05) is 18.2 Å². The molecule has 8 heteroatoms. The van der Waals surface area contributed by atoms with Gasteiger partial charge in [0.2, 0.25) is 0 Å². The number of hydrogen-bond acceptors (Lipinski definition) is 8. The van der Waals surface area contributed by atoms with Crippen LogP contribution in [-0.2, 0) is 8.67 Å². The van der Waals surface area contributed by atoms with E-state index in [9.17, 15) is 0 Å². The van der Waals surface area contributed by atoms with E-state index in [1.165, 1.54) is 3.71 Å². The Kier molecular flexibility index (Phi) is 5.99. The summed E-state index contributed by atoms with van der Waals surface area (Å²) in [7, 11) is 0. The molecule has 0 bridgehead atoms. The van der Waals surface area contributed by atoms with Crippen LogP contribution in [0.25, 0.3) is 0 Å². The lowest BCUT2D eigenvalue weighted by Gasteiger charge is -2.16. The normalized spacial score (nSPS) is 10.3. The Bertz CT molecular complexity index is 507. The van der Waals surface area contributed by atoms with E-state index >= 15 is 0 Å². The Morgan fingerprint density at radius 2 is 1.35 bits per heavy atom. The molecule has 0 saturated carbocycles. The molecule has 3 N–H and O–H groups in total. The van der Waals surface area contributed by atoms with Gasteiger partial charge < -0.3 is 5.32 Å². The van der Waals surface area contributed by atoms with Crippen molar-refractivity contribution in [2.75, 3.05) is 9.03 Å². The molecule has 0 radical (unpaired) electrons. The van der Waals surface area contributed by atoms with Crippen LogP contribution < -0.4 is 9.03 Å². The molecule has 0 aliphatic carbocycles. The van der Waals surface area contributed by atoms with Crippen LogP contribution in [0.1, 0.15) is 0 Å². The van der Waals surface area contributed by atoms with Crippen LogP contribution in [0.3, 0.4) is 0 Å². The topological polar surface area (TPSA) is 74.2 Å². The molecule has 0 saturated heterocycles. The van der Waals surface area contributed by atoms with Gasteiger partial charge >= 0.3 is 0 Å². The molecule has 0 heterocycles. The summed E-state index contributed by atoms with van der Waals surface area (Å²) < 4.78 is 9.24. The zero-order valence-corrected chi connectivity index (χ0v) is 11.8. The maximum atomic E-state index is 8.43. The number of nitrogens with one attached hydrogen (secondary N) is 1. The lowest BCUT2D eigenvalue weighted by Crippen LogP contribution is -2.04. The molecule has 0 amide bonds. The molecule has 0 unspecified atom stereocenters. The van der Waals surface area contributed by atoms with Crippen LogP contribution in [0.2, 0.25) is 0 Å². The standard InChI is InChI=1S/C12H12N2O4S2/c15-17-19-14(20-18-16)12-8-6-11(7-9-12)13-10-4-2-1-3-5-10/h1-9,13,15-16H. The van der Waals surface area contributed by atoms with Crippen molar-refractivity contribution in [2.45, 2.75) is 0 Å². The summed E-state index contributed by atoms with van der Waals surface area (Å²) in [5, 5.41) is 20.1. The molecular formula is C12H12N2O4S2. The van der Waals surface area contributed by atoms with Gasteiger partial charge in [0.05, 0.1) is 5.69 Å². The van der Waals surface area contributed by atoms with Crippen molar-refractivity contribution in [2.24, 2.45) is 0 Å². The molecule has 20 heavy (non-hydrogen) atoms. The van der Waals surface area contributed by atoms with E-state index in [2.05, 4.69) is 14.0 Å². The fraction of sp³-hybridized carbons (Fsp3) is 0. The Hall–Kier alpha value is -1.42. The maximum absolute atomic E-state index is 8.43. The second-order valence-corrected chi connectivity index (χ2v) is 5.15. The molecule has 2 rings (SSSR count). The minimum Gasteiger partial charge on any atom is -0.356 e. The van der Waals surface area contributed by atoms with Crippen molar-refractivity contribution < 1.29 is 19.2 Å². The van der Waals surface area contributed by atoms with E-state index in [4.69, 9.17) is 10.5 Å². The Labute approximate surface area is 124 Å². The predicted molar refractivity (Wildman–Crippen MR) is 81.3 cm³/mol. The first kappa shape index (κ1) is 15.0. The van der Waals surface area contributed by atoms with E-state index < -0.39 is 0 Å². The van der Waals surface area contributed by atoms with Crippen LogP contribution in [-0.4, -0.2) is 10.5 Å². The maximum Gasteiger partial charge on any atom is 0.164 e. The van der Waals surface area contributed by atoms with E-state index in [1.54, 1.807) is 12.1 Å². The van der Waals surface area contributed by atoms with E-state index in [1.807, 2.05) is 42.5 Å². The summed E-state index contributed by atoms with van der Waals surface area (Å²) in [4.78, 5) is 0. The second-order valence-electron chi connectivity index (χ2n) is 3.59. The van der Waals surface area contributed by atoms with Gasteiger partial charge in [0.15, 0.2) is 24.5 Å². The predicted octanol–water partition coefficient (Wildman–Crippen LogP) is 4.34. The lowest BCUT2D eigenvalue weighted by atomic mass is 10.2. The zero-order valence-electron chi connectivity index (χ0n) is 10.2. The molecule has 106 valence electrons. The SMILES string of the molecule is OOSN(SOO)c1ccc(Nc2ccccc2)cc1. The van der Waals surface area contributed by atoms with Gasteiger partial charge in [-0.3, -0.25) is 0 Å². The van der Waals surface area contributed by atoms with Crippen LogP contribution in [0.4, 0.5) is 17.1 Å². The number of rotatable bonds is 7. The number of hydrogen-bond donors (Lipinski definition) is 3. The first-order valence-electron chi connectivity index (χ1n) is 5.52. The van der Waals surface area contributed by atoms with Gasteiger partial charge in [0, 0.05) is 11.4 Å². The van der Waals surface area contributed by atoms with E-state index in [0.29, 0.717) is 30.1 Å². The van der Waals surface area contributed by atoms with Crippen LogP contribution >= 0.6 is 24.5 Å². The highest BCUT2D eigenvalue weighted by Gasteiger charge is 2.10. The zero-order chi connectivity index (χ0) is 14.2. The van der Waals surface area contributed by atoms with Crippen molar-refractivity contribution in [1.82, 2.24) is 0 Å². The molecule has 0 spiro atoms. The van der Waals surface area contributed by atoms with Gasteiger partial charge in [0.25, 0.3) is 0 Å². The molecular weight excluding hydrogens is 300 g/mol. The molecule has 0 aliphatic rings. The van der Waals surface area contributed by atoms with Gasteiger partial charge in [-0.05, 0) is 36.4 Å². The summed E-state index contributed by atoms with van der Waals surface area (Å²) >= 11 is 1.22. The van der Waals surface area contributed by atoms with Gasteiger partial charge in [-0.15, -0.1) is 8.67 Å². The van der Waals surface area contributed by atoms with Crippen molar-refractivity contribution >= 4 is 41.5 Å². The fourth-order valence-corrected chi connectivity index (χ4v) is 2.31. The van der Waals surface area contributed by atoms with Gasteiger partial charge in [0.1, 0.15) is 0 Å². The third kappa shape index (κ3) is 4.30. The average Bonchev–Trinajstić information content (AvgIpc) is 2.49. The summed E-state index contributed by atoms with van der Waals surface area (Å²) in [6, 6.07) is 17.0. The van der Waals surface area contributed by atoms with Crippen LogP contribution in [0.5, 0.6) is 0 Å². The van der Waals surface area contributed by atoms with Gasteiger partial charge in [-0.2, -0.15) is 0 Å². The largest absolute Gasteiger partial charge is 0.356 e. The number of para-hydroxylation sites is 1. The first-order valence-corrected chi connectivity index (χ1v) is 6.92. The molecule has 2 aromatic carbocycles. The fourth-order valence-electron chi connectivity index (χ4n) is 1.51. The molecule has 0 aromatic heterocycles. The highest BCUT2D eigenvalue weighted by atomic mass is 32.2. The highest BCUT2D eigenvalue weighted by molar-refractivity contribution is 8.13. The third-order valence-corrected chi connectivity index (χ3v) is 3.53. The van der Waals surface area contributed by atoms with E-state index in [-0.39, 0.29) is 0 Å². The summed E-state index contributed by atoms with van der Waals surface area (Å²) in [5.74, 6) is 0. The number of anilines is 3. The van der Waals surface area contributed by atoms with Crippen molar-refractivity contribution in [3.05, 3.63) is 54.6 Å². The minimum atomic E-state index is 0.610. The second kappa shape index (κ2) is 8.00. The van der Waals surface area contributed by atoms with Crippen LogP contribution in [0.15, 0.2) is 54.6 Å². The van der Waals surface area contributed by atoms with Gasteiger partial charge in [-0.25, -0.2) is 14.2 Å². The molecule has 0 atom stereocenters. The quantitative estimate of drug-likeness (QED) is 0.302. The summed E-state index contributed by atoms with van der Waals surface area (Å²) in [5.41, 5.74) is 2.56. The monoisotopic (exact) mass is 312 g/mol. The summed E-state index contributed by atoms with van der Waals surface area (Å²) in [6.45, 7) is 0. The lowest BCUT2D eigenvalue weighted by molar-refractivity contribution is -0.119. The Morgan fingerprint density at radius 1 is 0.800 bits per heavy atom. The molecule has 0 fully saturated rings. The Balaban J connectivity index is 2.05. The minimum absolute atomic E-state index is 0.610. The van der Waals surface area contributed by atoms with Crippen molar-refractivity contribution in [3.63, 3.8) is 0 Å². The first-order chi connectivity index (χ1) is 9.83. The molecule has 6 nitrogen and oxygen atoms in total. The van der Waals surface area contributed by atoms with Crippen molar-refractivity contribution in [1.29, 1.82) is 0 Å². The summed E-state index contributed by atoms with van der Waals surface area (Å²) in [6.07, 6.45) is 0. The third-order valence-electron chi connectivity index (χ3n) is 2.34. The average molecular weight is 312 g/mol. The smallest absolute Gasteiger partial charge is 0.164 e. The van der Waals surface area contributed by atoms with Crippen LogP contribution in [0, 0.1) is 0 Å². The van der Waals surface area contributed by atoms with Crippen molar-refractivity contribution in [3.8, 4) is 0 Å². The number of nitrogens with zero attached hydrogens (tertiary/aromatic N) is 1.